The molecule has 30 heavy (non-hydrogen) atoms. The van der Waals surface area contributed by atoms with Crippen LogP contribution in [-0.4, -0.2) is 43.0 Å². The van der Waals surface area contributed by atoms with Crippen LogP contribution in [0.3, 0.4) is 0 Å². The van der Waals surface area contributed by atoms with Crippen molar-refractivity contribution in [2.45, 2.75) is 18.9 Å². The molecule has 156 valence electrons. The van der Waals surface area contributed by atoms with Crippen LogP contribution in [0.5, 0.6) is 11.5 Å². The van der Waals surface area contributed by atoms with Gasteiger partial charge in [0.05, 0.1) is 12.6 Å². The number of aromatic amines is 1. The smallest absolute Gasteiger partial charge is 0.143 e. The van der Waals surface area contributed by atoms with Crippen molar-refractivity contribution in [2.24, 2.45) is 0 Å². The molecule has 0 aliphatic rings. The van der Waals surface area contributed by atoms with Gasteiger partial charge in [0.2, 0.25) is 0 Å². The van der Waals surface area contributed by atoms with Gasteiger partial charge in [0.1, 0.15) is 24.2 Å². The first-order valence-electron chi connectivity index (χ1n) is 10.4. The number of aliphatic hydroxyl groups is 1. The number of rotatable bonds is 10. The number of nitrogens with one attached hydrogen (secondary N) is 2. The maximum absolute atomic E-state index is 10.3. The minimum Gasteiger partial charge on any atom is -0.496 e. The standard InChI is InChI=1S/C25H28N2O3/c1-29-23-13-5-2-8-18(23)9-7-15-26-16-19(28)17-30-24-14-6-11-21-20-10-3-4-12-22(20)27-25(21)24/h2-6,8,10-14,19,26-28H,7,9,15-17H2,1H3. The van der Waals surface area contributed by atoms with Crippen molar-refractivity contribution in [1.29, 1.82) is 0 Å². The van der Waals surface area contributed by atoms with Gasteiger partial charge in [-0.15, -0.1) is 0 Å². The molecule has 4 rings (SSSR count). The van der Waals surface area contributed by atoms with Crippen LogP contribution in [0.25, 0.3) is 21.8 Å². The summed E-state index contributed by atoms with van der Waals surface area (Å²) in [6.07, 6.45) is 1.34. The molecule has 0 aliphatic carbocycles. The van der Waals surface area contributed by atoms with Crippen LogP contribution < -0.4 is 14.8 Å². The van der Waals surface area contributed by atoms with Crippen LogP contribution in [0.15, 0.2) is 66.7 Å². The zero-order chi connectivity index (χ0) is 20.8. The summed E-state index contributed by atoms with van der Waals surface area (Å²) in [7, 11) is 1.70. The summed E-state index contributed by atoms with van der Waals surface area (Å²) in [5.74, 6) is 1.69. The quantitative estimate of drug-likeness (QED) is 0.345. The summed E-state index contributed by atoms with van der Waals surface area (Å²) in [5, 5.41) is 15.9. The van der Waals surface area contributed by atoms with E-state index in [0.29, 0.717) is 6.54 Å². The molecule has 1 unspecified atom stereocenters. The Labute approximate surface area is 176 Å². The maximum atomic E-state index is 10.3. The Hall–Kier alpha value is -3.02. The first kappa shape index (κ1) is 20.3. The first-order valence-corrected chi connectivity index (χ1v) is 10.4. The molecule has 0 spiro atoms. The van der Waals surface area contributed by atoms with Crippen LogP contribution in [0.1, 0.15) is 12.0 Å². The van der Waals surface area contributed by atoms with Gasteiger partial charge in [0.25, 0.3) is 0 Å². The number of aromatic nitrogens is 1. The van der Waals surface area contributed by atoms with E-state index in [1.807, 2.05) is 42.5 Å². The van der Waals surface area contributed by atoms with Gasteiger partial charge in [-0.05, 0) is 43.1 Å². The summed E-state index contributed by atoms with van der Waals surface area (Å²) < 4.78 is 11.3. The Morgan fingerprint density at radius 2 is 1.70 bits per heavy atom. The molecule has 1 aromatic heterocycles. The van der Waals surface area contributed by atoms with Gasteiger partial charge in [0.15, 0.2) is 0 Å². The Bertz CT molecular complexity index is 1110. The molecule has 0 saturated carbocycles. The maximum Gasteiger partial charge on any atom is 0.143 e. The number of aryl methyl sites for hydroxylation is 1. The largest absolute Gasteiger partial charge is 0.496 e. The molecule has 0 bridgehead atoms. The predicted octanol–water partition coefficient (Wildman–Crippen LogP) is 4.29. The average molecular weight is 405 g/mol. The molecule has 4 aromatic rings. The van der Waals surface area contributed by atoms with E-state index in [2.05, 4.69) is 34.6 Å². The summed E-state index contributed by atoms with van der Waals surface area (Å²) in [6, 6.07) is 22.3. The van der Waals surface area contributed by atoms with E-state index in [-0.39, 0.29) is 6.61 Å². The van der Waals surface area contributed by atoms with Gasteiger partial charge in [0, 0.05) is 22.8 Å². The van der Waals surface area contributed by atoms with E-state index >= 15 is 0 Å². The lowest BCUT2D eigenvalue weighted by Gasteiger charge is -2.14. The van der Waals surface area contributed by atoms with Crippen molar-refractivity contribution in [2.75, 3.05) is 26.8 Å². The highest BCUT2D eigenvalue weighted by atomic mass is 16.5. The molecule has 0 aliphatic heterocycles. The normalized spacial score (nSPS) is 12.3. The van der Waals surface area contributed by atoms with Crippen molar-refractivity contribution in [3.63, 3.8) is 0 Å². The second kappa shape index (κ2) is 9.65. The summed E-state index contributed by atoms with van der Waals surface area (Å²) in [6.45, 7) is 1.56. The second-order valence-corrected chi connectivity index (χ2v) is 7.43. The predicted molar refractivity (Wildman–Crippen MR) is 121 cm³/mol. The van der Waals surface area contributed by atoms with E-state index in [1.165, 1.54) is 10.9 Å². The minimum absolute atomic E-state index is 0.244. The van der Waals surface area contributed by atoms with Crippen molar-refractivity contribution in [3.05, 3.63) is 72.3 Å². The molecular formula is C25H28N2O3. The molecule has 5 nitrogen and oxygen atoms in total. The highest BCUT2D eigenvalue weighted by Crippen LogP contribution is 2.31. The zero-order valence-corrected chi connectivity index (χ0v) is 17.2. The Morgan fingerprint density at radius 3 is 2.60 bits per heavy atom. The summed E-state index contributed by atoms with van der Waals surface area (Å²) >= 11 is 0. The van der Waals surface area contributed by atoms with Gasteiger partial charge in [-0.25, -0.2) is 0 Å². The fourth-order valence-electron chi connectivity index (χ4n) is 3.79. The lowest BCUT2D eigenvalue weighted by atomic mass is 10.1. The third-order valence-corrected chi connectivity index (χ3v) is 5.31. The van der Waals surface area contributed by atoms with Crippen molar-refractivity contribution < 1.29 is 14.6 Å². The SMILES string of the molecule is COc1ccccc1CCCNCC(O)COc1cccc2c1[nH]c1ccccc12. The van der Waals surface area contributed by atoms with E-state index in [4.69, 9.17) is 9.47 Å². The Kier molecular flexibility index (Phi) is 6.52. The number of aliphatic hydroxyl groups excluding tert-OH is 1. The van der Waals surface area contributed by atoms with Crippen LogP contribution in [-0.2, 0) is 6.42 Å². The number of H-pyrrole nitrogens is 1. The van der Waals surface area contributed by atoms with Gasteiger partial charge in [-0.1, -0.05) is 48.5 Å². The van der Waals surface area contributed by atoms with Crippen LogP contribution in [0.4, 0.5) is 0 Å². The summed E-state index contributed by atoms with van der Waals surface area (Å²) in [5.41, 5.74) is 3.26. The average Bonchev–Trinajstić information content (AvgIpc) is 3.17. The zero-order valence-electron chi connectivity index (χ0n) is 17.2. The topological polar surface area (TPSA) is 66.5 Å². The van der Waals surface area contributed by atoms with E-state index in [9.17, 15) is 5.11 Å². The van der Waals surface area contributed by atoms with Crippen molar-refractivity contribution in [1.82, 2.24) is 10.3 Å². The van der Waals surface area contributed by atoms with Crippen LogP contribution >= 0.6 is 0 Å². The molecule has 0 radical (unpaired) electrons. The number of benzene rings is 3. The third-order valence-electron chi connectivity index (χ3n) is 5.31. The lowest BCUT2D eigenvalue weighted by Crippen LogP contribution is -2.32. The molecular weight excluding hydrogens is 376 g/mol. The number of methoxy groups -OCH3 is 1. The van der Waals surface area contributed by atoms with E-state index in [1.54, 1.807) is 7.11 Å². The van der Waals surface area contributed by atoms with Crippen molar-refractivity contribution in [3.8, 4) is 11.5 Å². The fraction of sp³-hybridized carbons (Fsp3) is 0.280. The molecule has 3 aromatic carbocycles. The molecule has 1 atom stereocenters. The number of ether oxygens (including phenoxy) is 2. The summed E-state index contributed by atoms with van der Waals surface area (Å²) in [4.78, 5) is 3.42. The highest BCUT2D eigenvalue weighted by Gasteiger charge is 2.11. The van der Waals surface area contributed by atoms with Gasteiger partial charge < -0.3 is 24.9 Å². The van der Waals surface area contributed by atoms with E-state index < -0.39 is 6.10 Å². The molecule has 5 heteroatoms. The number of fused-ring (bicyclic) bond motifs is 3. The third kappa shape index (κ3) is 4.58. The minimum atomic E-state index is -0.573. The molecule has 0 saturated heterocycles. The number of hydrogen-bond donors (Lipinski definition) is 3. The van der Waals surface area contributed by atoms with Gasteiger partial charge in [-0.2, -0.15) is 0 Å². The lowest BCUT2D eigenvalue weighted by molar-refractivity contribution is 0.107. The number of para-hydroxylation sites is 3. The Morgan fingerprint density at radius 1 is 0.933 bits per heavy atom. The molecule has 1 heterocycles. The van der Waals surface area contributed by atoms with Crippen LogP contribution in [0.2, 0.25) is 0 Å². The van der Waals surface area contributed by atoms with E-state index in [0.717, 1.165) is 47.3 Å². The first-order chi connectivity index (χ1) is 14.8. The van der Waals surface area contributed by atoms with Crippen LogP contribution in [0, 0.1) is 0 Å². The second-order valence-electron chi connectivity index (χ2n) is 7.43. The molecule has 3 N–H and O–H groups in total. The van der Waals surface area contributed by atoms with Gasteiger partial charge >= 0.3 is 0 Å². The fourth-order valence-corrected chi connectivity index (χ4v) is 3.79. The number of hydrogen-bond acceptors (Lipinski definition) is 4. The Balaban J connectivity index is 1.25. The highest BCUT2D eigenvalue weighted by molar-refractivity contribution is 6.09. The molecule has 0 fully saturated rings. The van der Waals surface area contributed by atoms with Gasteiger partial charge in [-0.3, -0.25) is 0 Å². The van der Waals surface area contributed by atoms with Crippen molar-refractivity contribution >= 4 is 21.8 Å². The monoisotopic (exact) mass is 404 g/mol. The molecule has 0 amide bonds.